The standard InChI is InChI=1S/C27H34N2O5S/c1-17(2)15-21(29-35(33,34)16-19-11-7-5-8-12-19)27(32)28-24(18(3)4)26(31)23-22(25(23)30)20-13-9-6-10-14-20/h5-14,17-18,21,24,26,29,31H,15-16H2,1-4H3,(H,28,32)/t21-,24-,26-/m0/s1. The minimum absolute atomic E-state index is 0.0463. The zero-order valence-corrected chi connectivity index (χ0v) is 21.4. The third-order valence-electron chi connectivity index (χ3n) is 5.95. The number of aliphatic hydroxyl groups is 1. The van der Waals surface area contributed by atoms with Crippen molar-refractivity contribution in [2.24, 2.45) is 11.8 Å². The number of rotatable bonds is 12. The molecule has 7 nitrogen and oxygen atoms in total. The molecule has 3 rings (SSSR count). The van der Waals surface area contributed by atoms with Gasteiger partial charge < -0.3 is 10.4 Å². The Morgan fingerprint density at radius 3 is 2.06 bits per heavy atom. The molecule has 35 heavy (non-hydrogen) atoms. The van der Waals surface area contributed by atoms with Gasteiger partial charge in [0, 0.05) is 11.1 Å². The summed E-state index contributed by atoms with van der Waals surface area (Å²) in [5, 5.41) is 13.8. The van der Waals surface area contributed by atoms with E-state index in [9.17, 15) is 23.1 Å². The van der Waals surface area contributed by atoms with Crippen molar-refractivity contribution in [1.82, 2.24) is 10.0 Å². The van der Waals surface area contributed by atoms with Crippen LogP contribution in [0.5, 0.6) is 0 Å². The first kappa shape index (κ1) is 26.8. The second-order valence-corrected chi connectivity index (χ2v) is 11.5. The highest BCUT2D eigenvalue weighted by Gasteiger charge is 2.38. The van der Waals surface area contributed by atoms with Gasteiger partial charge in [-0.2, -0.15) is 0 Å². The zero-order valence-electron chi connectivity index (χ0n) is 20.6. The van der Waals surface area contributed by atoms with Gasteiger partial charge in [-0.1, -0.05) is 88.4 Å². The Morgan fingerprint density at radius 2 is 1.51 bits per heavy atom. The van der Waals surface area contributed by atoms with E-state index in [1.54, 1.807) is 42.5 Å². The predicted octanol–water partition coefficient (Wildman–Crippen LogP) is 3.30. The third kappa shape index (κ3) is 7.10. The molecule has 3 aromatic carbocycles. The Balaban J connectivity index is 1.76. The van der Waals surface area contributed by atoms with Gasteiger partial charge in [-0.05, 0) is 29.4 Å². The van der Waals surface area contributed by atoms with Crippen molar-refractivity contribution in [2.75, 3.05) is 0 Å². The van der Waals surface area contributed by atoms with E-state index in [1.807, 2.05) is 45.9 Å². The van der Waals surface area contributed by atoms with Crippen molar-refractivity contribution in [2.45, 2.75) is 58.1 Å². The maximum atomic E-state index is 13.3. The molecule has 3 atom stereocenters. The quantitative estimate of drug-likeness (QED) is 0.355. The molecule has 188 valence electrons. The number of aliphatic hydroxyl groups excluding tert-OH is 1. The van der Waals surface area contributed by atoms with E-state index in [2.05, 4.69) is 10.0 Å². The lowest BCUT2D eigenvalue weighted by Gasteiger charge is -2.29. The molecule has 0 saturated carbocycles. The van der Waals surface area contributed by atoms with Crippen LogP contribution in [0.1, 0.15) is 51.3 Å². The molecule has 0 unspecified atom stereocenters. The summed E-state index contributed by atoms with van der Waals surface area (Å²) >= 11 is 0. The maximum Gasteiger partial charge on any atom is 0.238 e. The lowest BCUT2D eigenvalue weighted by molar-refractivity contribution is -0.125. The topological polar surface area (TPSA) is 113 Å². The minimum Gasteiger partial charge on any atom is -0.386 e. The number of hydrogen-bond acceptors (Lipinski definition) is 5. The molecule has 3 N–H and O–H groups in total. The monoisotopic (exact) mass is 498 g/mol. The fourth-order valence-corrected chi connectivity index (χ4v) is 5.50. The molecule has 0 aliphatic carbocycles. The molecule has 0 heterocycles. The van der Waals surface area contributed by atoms with E-state index in [0.717, 1.165) is 5.56 Å². The van der Waals surface area contributed by atoms with Gasteiger partial charge in [0.15, 0.2) is 5.43 Å². The molecule has 0 saturated heterocycles. The van der Waals surface area contributed by atoms with Gasteiger partial charge in [0.25, 0.3) is 0 Å². The van der Waals surface area contributed by atoms with Gasteiger partial charge in [0.05, 0.1) is 11.8 Å². The molecule has 0 radical (unpaired) electrons. The highest BCUT2D eigenvalue weighted by molar-refractivity contribution is 7.88. The second kappa shape index (κ2) is 11.3. The summed E-state index contributed by atoms with van der Waals surface area (Å²) in [6, 6.07) is 16.1. The van der Waals surface area contributed by atoms with Crippen molar-refractivity contribution in [3.63, 3.8) is 0 Å². The smallest absolute Gasteiger partial charge is 0.238 e. The minimum atomic E-state index is -3.80. The van der Waals surface area contributed by atoms with Crippen molar-refractivity contribution >= 4 is 15.9 Å². The molecular formula is C27H34N2O5S. The van der Waals surface area contributed by atoms with Crippen molar-refractivity contribution in [3.8, 4) is 11.1 Å². The number of amides is 1. The third-order valence-corrected chi connectivity index (χ3v) is 7.31. The molecule has 0 aliphatic rings. The fraction of sp³-hybridized carbons (Fsp3) is 0.407. The van der Waals surface area contributed by atoms with Crippen LogP contribution in [0.4, 0.5) is 0 Å². The molecule has 1 amide bonds. The van der Waals surface area contributed by atoms with Gasteiger partial charge in [-0.25, -0.2) is 13.1 Å². The molecular weight excluding hydrogens is 464 g/mol. The van der Waals surface area contributed by atoms with Crippen LogP contribution in [-0.2, 0) is 20.6 Å². The summed E-state index contributed by atoms with van der Waals surface area (Å²) in [5.74, 6) is -0.922. The van der Waals surface area contributed by atoms with E-state index in [1.165, 1.54) is 0 Å². The van der Waals surface area contributed by atoms with Crippen molar-refractivity contribution in [1.29, 1.82) is 0 Å². The molecule has 0 spiro atoms. The van der Waals surface area contributed by atoms with E-state index in [4.69, 9.17) is 0 Å². The number of benzene rings is 2. The molecule has 0 fully saturated rings. The molecule has 0 bridgehead atoms. The number of carbonyl (C=O) groups is 1. The number of carbonyl (C=O) groups excluding carboxylic acids is 1. The highest BCUT2D eigenvalue weighted by Crippen LogP contribution is 2.33. The van der Waals surface area contributed by atoms with E-state index < -0.39 is 34.1 Å². The van der Waals surface area contributed by atoms with Crippen LogP contribution < -0.4 is 15.5 Å². The van der Waals surface area contributed by atoms with Crippen LogP contribution >= 0.6 is 0 Å². The summed E-state index contributed by atoms with van der Waals surface area (Å²) in [6.07, 6.45) is -0.903. The van der Waals surface area contributed by atoms with Crippen molar-refractivity contribution in [3.05, 3.63) is 82.0 Å². The molecule has 3 aromatic rings. The van der Waals surface area contributed by atoms with Crippen LogP contribution in [0.3, 0.4) is 0 Å². The highest BCUT2D eigenvalue weighted by atomic mass is 32.2. The average molecular weight is 499 g/mol. The lowest BCUT2D eigenvalue weighted by Crippen LogP contribution is -2.52. The van der Waals surface area contributed by atoms with Crippen LogP contribution in [0.25, 0.3) is 11.1 Å². The molecule has 0 aromatic heterocycles. The Labute approximate surface area is 207 Å². The molecule has 8 heteroatoms. The Morgan fingerprint density at radius 1 is 0.943 bits per heavy atom. The lowest BCUT2D eigenvalue weighted by atomic mass is 9.95. The summed E-state index contributed by atoms with van der Waals surface area (Å²) < 4.78 is 28.2. The van der Waals surface area contributed by atoms with Crippen LogP contribution in [0, 0.1) is 11.8 Å². The first-order valence-electron chi connectivity index (χ1n) is 11.9. The predicted molar refractivity (Wildman–Crippen MR) is 138 cm³/mol. The number of nitrogens with one attached hydrogen (secondary N) is 2. The van der Waals surface area contributed by atoms with Gasteiger partial charge in [-0.15, -0.1) is 0 Å². The van der Waals surface area contributed by atoms with Gasteiger partial charge in [-0.3, -0.25) is 9.59 Å². The van der Waals surface area contributed by atoms with Gasteiger partial charge in [0.2, 0.25) is 15.9 Å². The summed E-state index contributed by atoms with van der Waals surface area (Å²) in [5.41, 5.74) is 1.89. The fourth-order valence-electron chi connectivity index (χ4n) is 4.14. The maximum absolute atomic E-state index is 13.3. The molecule has 0 aliphatic heterocycles. The second-order valence-electron chi connectivity index (χ2n) is 9.75. The van der Waals surface area contributed by atoms with Gasteiger partial charge in [0.1, 0.15) is 12.1 Å². The van der Waals surface area contributed by atoms with E-state index in [0.29, 0.717) is 16.7 Å². The first-order chi connectivity index (χ1) is 16.5. The van der Waals surface area contributed by atoms with E-state index >= 15 is 0 Å². The SMILES string of the molecule is CC(C)C[C@H](NS(=O)(=O)Cc1ccccc1)C(=O)N[C@@H](C(C)C)[C@@H](O)c1c(-c2ccccc2)c1=O. The summed E-state index contributed by atoms with van der Waals surface area (Å²) in [6.45, 7) is 7.47. The Hall–Kier alpha value is -2.81. The van der Waals surface area contributed by atoms with Crippen molar-refractivity contribution < 1.29 is 18.3 Å². The van der Waals surface area contributed by atoms with E-state index in [-0.39, 0.29) is 29.4 Å². The average Bonchev–Trinajstić information content (AvgIpc) is 3.47. The summed E-state index contributed by atoms with van der Waals surface area (Å²) in [7, 11) is -3.80. The Kier molecular flexibility index (Phi) is 8.64. The largest absolute Gasteiger partial charge is 0.386 e. The zero-order chi connectivity index (χ0) is 25.8. The first-order valence-corrected chi connectivity index (χ1v) is 13.5. The Bertz CT molecular complexity index is 1230. The van der Waals surface area contributed by atoms with Gasteiger partial charge >= 0.3 is 0 Å². The number of hydrogen-bond donors (Lipinski definition) is 3. The van der Waals surface area contributed by atoms with Crippen LogP contribution in [0.2, 0.25) is 0 Å². The van der Waals surface area contributed by atoms with Crippen LogP contribution in [-0.4, -0.2) is 31.5 Å². The van der Waals surface area contributed by atoms with Crippen LogP contribution in [0.15, 0.2) is 65.5 Å². The normalized spacial score (nSPS) is 14.8. The number of sulfonamides is 1. The summed E-state index contributed by atoms with van der Waals surface area (Å²) in [4.78, 5) is 25.7.